The Morgan fingerprint density at radius 1 is 1.25 bits per heavy atom. The summed E-state index contributed by atoms with van der Waals surface area (Å²) in [6, 6.07) is 0. The summed E-state index contributed by atoms with van der Waals surface area (Å²) in [4.78, 5) is 0. The van der Waals surface area contributed by atoms with Crippen molar-refractivity contribution in [1.82, 2.24) is 0 Å². The largest absolute Gasteiger partial charge is 0.375 e. The first-order chi connectivity index (χ1) is 5.75. The number of hydrogen-bond acceptors (Lipinski definition) is 1. The summed E-state index contributed by atoms with van der Waals surface area (Å²) in [7, 11) is 0. The predicted molar refractivity (Wildman–Crippen MR) is 50.1 cm³/mol. The molecule has 0 radical (unpaired) electrons. The third-order valence-electron chi connectivity index (χ3n) is 3.74. The van der Waals surface area contributed by atoms with Crippen molar-refractivity contribution >= 4 is 0 Å². The maximum atomic E-state index is 5.98. The number of ether oxygens (including phenoxy) is 1. The molecule has 2 fully saturated rings. The van der Waals surface area contributed by atoms with Gasteiger partial charge in [0.1, 0.15) is 0 Å². The monoisotopic (exact) mass is 168 g/mol. The molecule has 2 unspecified atom stereocenters. The van der Waals surface area contributed by atoms with Crippen LogP contribution in [0.4, 0.5) is 0 Å². The average Bonchev–Trinajstić information content (AvgIpc) is 2.03. The topological polar surface area (TPSA) is 9.23 Å². The molecule has 1 heteroatoms. The van der Waals surface area contributed by atoms with Gasteiger partial charge in [0.05, 0.1) is 5.60 Å². The molecule has 0 amide bonds. The van der Waals surface area contributed by atoms with Gasteiger partial charge in [-0.25, -0.2) is 0 Å². The zero-order chi connectivity index (χ0) is 8.60. The normalized spacial score (nSPS) is 41.8. The molecule has 1 nitrogen and oxygen atoms in total. The van der Waals surface area contributed by atoms with E-state index in [1.54, 1.807) is 0 Å². The molecule has 1 aliphatic carbocycles. The highest BCUT2D eigenvalue weighted by atomic mass is 16.5. The Labute approximate surface area is 75.5 Å². The first-order valence-corrected chi connectivity index (χ1v) is 5.38. The average molecular weight is 168 g/mol. The summed E-state index contributed by atoms with van der Waals surface area (Å²) in [5.74, 6) is 1.68. The van der Waals surface area contributed by atoms with E-state index in [9.17, 15) is 0 Å². The van der Waals surface area contributed by atoms with Gasteiger partial charge in [-0.3, -0.25) is 0 Å². The third-order valence-corrected chi connectivity index (χ3v) is 3.74. The Kier molecular flexibility index (Phi) is 2.16. The van der Waals surface area contributed by atoms with E-state index in [0.29, 0.717) is 5.60 Å². The second-order valence-corrected chi connectivity index (χ2v) is 4.76. The fourth-order valence-corrected chi connectivity index (χ4v) is 2.94. The van der Waals surface area contributed by atoms with Crippen LogP contribution in [-0.4, -0.2) is 12.2 Å². The molecule has 2 aliphatic rings. The minimum absolute atomic E-state index is 0.340. The maximum Gasteiger partial charge on any atom is 0.0713 e. The zero-order valence-electron chi connectivity index (χ0n) is 8.31. The highest BCUT2D eigenvalue weighted by Gasteiger charge is 2.49. The van der Waals surface area contributed by atoms with Gasteiger partial charge in [0.15, 0.2) is 0 Å². The van der Waals surface area contributed by atoms with Crippen LogP contribution < -0.4 is 0 Å². The fraction of sp³-hybridized carbons (Fsp3) is 1.00. The molecule has 1 saturated carbocycles. The van der Waals surface area contributed by atoms with Crippen molar-refractivity contribution in [2.45, 2.75) is 51.6 Å². The molecular weight excluding hydrogens is 148 g/mol. The quantitative estimate of drug-likeness (QED) is 0.585. The van der Waals surface area contributed by atoms with E-state index in [4.69, 9.17) is 4.74 Å². The van der Waals surface area contributed by atoms with Gasteiger partial charge < -0.3 is 4.74 Å². The Morgan fingerprint density at radius 3 is 2.50 bits per heavy atom. The van der Waals surface area contributed by atoms with Crippen LogP contribution in [0.2, 0.25) is 0 Å². The first-order valence-electron chi connectivity index (χ1n) is 5.38. The van der Waals surface area contributed by atoms with Crippen LogP contribution in [0, 0.1) is 11.8 Å². The second kappa shape index (κ2) is 3.02. The van der Waals surface area contributed by atoms with Gasteiger partial charge in [-0.15, -0.1) is 0 Å². The van der Waals surface area contributed by atoms with Crippen LogP contribution in [0.5, 0.6) is 0 Å². The van der Waals surface area contributed by atoms with E-state index < -0.39 is 0 Å². The molecule has 0 aromatic rings. The van der Waals surface area contributed by atoms with Crippen LogP contribution in [0.25, 0.3) is 0 Å². The van der Waals surface area contributed by atoms with E-state index in [1.807, 2.05) is 0 Å². The lowest BCUT2D eigenvalue weighted by atomic mass is 9.61. The molecule has 1 spiro atoms. The van der Waals surface area contributed by atoms with Crippen LogP contribution >= 0.6 is 0 Å². The van der Waals surface area contributed by atoms with Crippen LogP contribution in [0.3, 0.4) is 0 Å². The van der Waals surface area contributed by atoms with Crippen LogP contribution in [0.15, 0.2) is 0 Å². The van der Waals surface area contributed by atoms with Crippen molar-refractivity contribution in [3.63, 3.8) is 0 Å². The van der Waals surface area contributed by atoms with Crippen molar-refractivity contribution in [2.75, 3.05) is 6.61 Å². The van der Waals surface area contributed by atoms with Crippen LogP contribution in [-0.2, 0) is 4.74 Å². The number of rotatable bonds is 1. The maximum absolute atomic E-state index is 5.98. The van der Waals surface area contributed by atoms with Crippen molar-refractivity contribution in [1.29, 1.82) is 0 Å². The fourth-order valence-electron chi connectivity index (χ4n) is 2.94. The van der Waals surface area contributed by atoms with Gasteiger partial charge in [-0.1, -0.05) is 13.8 Å². The van der Waals surface area contributed by atoms with Crippen molar-refractivity contribution in [2.24, 2.45) is 11.8 Å². The minimum atomic E-state index is 0.340. The number of hydrogen-bond donors (Lipinski definition) is 0. The van der Waals surface area contributed by atoms with Gasteiger partial charge in [0.25, 0.3) is 0 Å². The zero-order valence-corrected chi connectivity index (χ0v) is 8.31. The molecule has 2 atom stereocenters. The molecule has 1 aliphatic heterocycles. The Bertz CT molecular complexity index is 156. The Morgan fingerprint density at radius 2 is 2.08 bits per heavy atom. The van der Waals surface area contributed by atoms with Crippen molar-refractivity contribution in [3.8, 4) is 0 Å². The highest BCUT2D eigenvalue weighted by molar-refractivity contribution is 5.00. The molecule has 0 aromatic heterocycles. The lowest BCUT2D eigenvalue weighted by Crippen LogP contribution is -2.53. The molecular formula is C11H20O. The summed E-state index contributed by atoms with van der Waals surface area (Å²) in [5.41, 5.74) is 0.340. The molecule has 1 heterocycles. The Balaban J connectivity index is 2.00. The summed E-state index contributed by atoms with van der Waals surface area (Å²) >= 11 is 0. The lowest BCUT2D eigenvalue weighted by Gasteiger charge is -2.53. The van der Waals surface area contributed by atoms with Gasteiger partial charge in [0.2, 0.25) is 0 Å². The second-order valence-electron chi connectivity index (χ2n) is 4.76. The van der Waals surface area contributed by atoms with Gasteiger partial charge in [-0.2, -0.15) is 0 Å². The summed E-state index contributed by atoms with van der Waals surface area (Å²) in [6.45, 7) is 5.69. The first kappa shape index (κ1) is 8.55. The molecule has 12 heavy (non-hydrogen) atoms. The van der Waals surface area contributed by atoms with Gasteiger partial charge in [0, 0.05) is 6.61 Å². The Hall–Kier alpha value is -0.0400. The molecule has 0 bridgehead atoms. The lowest BCUT2D eigenvalue weighted by molar-refractivity contribution is -0.182. The van der Waals surface area contributed by atoms with Crippen LogP contribution in [0.1, 0.15) is 46.0 Å². The standard InChI is InChI=1S/C11H20O/c1-9(2)10-5-7-11(10)6-3-4-8-12-11/h9-10H,3-8H2,1-2H3. The predicted octanol–water partition coefficient (Wildman–Crippen LogP) is 2.99. The van der Waals surface area contributed by atoms with E-state index in [2.05, 4.69) is 13.8 Å². The smallest absolute Gasteiger partial charge is 0.0713 e. The van der Waals surface area contributed by atoms with Crippen molar-refractivity contribution in [3.05, 3.63) is 0 Å². The van der Waals surface area contributed by atoms with Gasteiger partial charge >= 0.3 is 0 Å². The van der Waals surface area contributed by atoms with E-state index in [1.165, 1.54) is 32.1 Å². The summed E-state index contributed by atoms with van der Waals surface area (Å²) in [6.07, 6.45) is 6.74. The minimum Gasteiger partial charge on any atom is -0.375 e. The third kappa shape index (κ3) is 1.19. The van der Waals surface area contributed by atoms with E-state index >= 15 is 0 Å². The molecule has 1 saturated heterocycles. The van der Waals surface area contributed by atoms with Crippen molar-refractivity contribution < 1.29 is 4.74 Å². The molecule has 2 rings (SSSR count). The summed E-state index contributed by atoms with van der Waals surface area (Å²) in [5, 5.41) is 0. The molecule has 70 valence electrons. The molecule has 0 aromatic carbocycles. The summed E-state index contributed by atoms with van der Waals surface area (Å²) < 4.78 is 5.98. The molecule has 0 N–H and O–H groups in total. The highest BCUT2D eigenvalue weighted by Crippen LogP contribution is 2.50. The SMILES string of the molecule is CC(C)C1CCC12CCCCO2. The van der Waals surface area contributed by atoms with Gasteiger partial charge in [-0.05, 0) is 43.9 Å². The van der Waals surface area contributed by atoms with E-state index in [0.717, 1.165) is 18.4 Å². The van der Waals surface area contributed by atoms with E-state index in [-0.39, 0.29) is 0 Å².